The van der Waals surface area contributed by atoms with E-state index in [2.05, 4.69) is 0 Å². The molecule has 2 aromatic rings. The number of carboxylic acid groups (broad SMARTS) is 1. The summed E-state index contributed by atoms with van der Waals surface area (Å²) in [6, 6.07) is 6.81. The summed E-state index contributed by atoms with van der Waals surface area (Å²) in [5, 5.41) is 30.4. The summed E-state index contributed by atoms with van der Waals surface area (Å²) in [6.45, 7) is 0. The van der Waals surface area contributed by atoms with Gasteiger partial charge < -0.3 is 20.1 Å². The zero-order valence-corrected chi connectivity index (χ0v) is 13.4. The van der Waals surface area contributed by atoms with E-state index >= 15 is 0 Å². The van der Waals surface area contributed by atoms with Crippen molar-refractivity contribution in [3.05, 3.63) is 58.1 Å². The molecule has 2 N–H and O–H groups in total. The van der Waals surface area contributed by atoms with Crippen molar-refractivity contribution in [2.45, 2.75) is 0 Å². The van der Waals surface area contributed by atoms with Crippen LogP contribution in [0.4, 0.5) is 0 Å². The third-order valence-corrected chi connectivity index (χ3v) is 3.38. The normalized spacial score (nSPS) is 12.2. The summed E-state index contributed by atoms with van der Waals surface area (Å²) >= 11 is 0. The first-order valence-corrected chi connectivity index (χ1v) is 5.92. The summed E-state index contributed by atoms with van der Waals surface area (Å²) < 4.78 is 0. The predicted octanol–water partition coefficient (Wildman–Crippen LogP) is -2.76. The fraction of sp³-hybridized carbons (Fsp3) is 0. The van der Waals surface area contributed by atoms with Crippen molar-refractivity contribution in [2.75, 3.05) is 0 Å². The fourth-order valence-electron chi connectivity index (χ4n) is 2.38. The number of hydrogen-bond acceptors (Lipinski definition) is 6. The van der Waals surface area contributed by atoms with Crippen LogP contribution in [0.2, 0.25) is 0 Å². The molecule has 0 saturated carbocycles. The minimum atomic E-state index is -1.76. The smallest absolute Gasteiger partial charge is 0.545 e. The molecule has 2 aromatic carbocycles. The maximum absolute atomic E-state index is 12.3. The molecular formula is C15H7NaO6. The van der Waals surface area contributed by atoms with Crippen LogP contribution in [-0.2, 0) is 0 Å². The van der Waals surface area contributed by atoms with Gasteiger partial charge in [0.1, 0.15) is 0 Å². The Kier molecular flexibility index (Phi) is 4.10. The number of phenols is 2. The molecule has 104 valence electrons. The number of ketones is 2. The van der Waals surface area contributed by atoms with E-state index in [-0.39, 0.29) is 46.2 Å². The molecule has 0 radical (unpaired) electrons. The summed E-state index contributed by atoms with van der Waals surface area (Å²) in [5.41, 5.74) is -1.21. The molecule has 6 nitrogen and oxygen atoms in total. The van der Waals surface area contributed by atoms with Crippen LogP contribution in [0.1, 0.15) is 42.2 Å². The van der Waals surface area contributed by atoms with Gasteiger partial charge in [0, 0.05) is 22.3 Å². The van der Waals surface area contributed by atoms with Crippen molar-refractivity contribution < 1.29 is 59.3 Å². The van der Waals surface area contributed by atoms with E-state index in [0.29, 0.717) is 0 Å². The molecule has 0 fully saturated rings. The maximum Gasteiger partial charge on any atom is 1.00 e. The number of benzene rings is 2. The van der Waals surface area contributed by atoms with E-state index in [1.54, 1.807) is 12.1 Å². The number of rotatable bonds is 1. The minimum absolute atomic E-state index is 0. The molecule has 0 heterocycles. The van der Waals surface area contributed by atoms with Crippen molar-refractivity contribution in [3.8, 4) is 11.5 Å². The summed E-state index contributed by atoms with van der Waals surface area (Å²) in [5.74, 6) is -4.94. The monoisotopic (exact) mass is 306 g/mol. The van der Waals surface area contributed by atoms with Crippen LogP contribution in [0.5, 0.6) is 11.5 Å². The first kappa shape index (κ1) is 16.2. The van der Waals surface area contributed by atoms with Crippen LogP contribution in [0.25, 0.3) is 0 Å². The Hall–Kier alpha value is -2.15. The summed E-state index contributed by atoms with van der Waals surface area (Å²) in [6.07, 6.45) is 0. The van der Waals surface area contributed by atoms with Gasteiger partial charge in [0.2, 0.25) is 0 Å². The van der Waals surface area contributed by atoms with Gasteiger partial charge in [-0.2, -0.15) is 0 Å². The molecular weight excluding hydrogens is 299 g/mol. The van der Waals surface area contributed by atoms with E-state index in [0.717, 1.165) is 6.07 Å². The Morgan fingerprint density at radius 3 is 2.00 bits per heavy atom. The van der Waals surface area contributed by atoms with Crippen LogP contribution < -0.4 is 34.7 Å². The predicted molar refractivity (Wildman–Crippen MR) is 67.4 cm³/mol. The van der Waals surface area contributed by atoms with E-state index in [1.165, 1.54) is 12.1 Å². The molecule has 22 heavy (non-hydrogen) atoms. The Morgan fingerprint density at radius 1 is 0.909 bits per heavy atom. The molecule has 0 saturated heterocycles. The van der Waals surface area contributed by atoms with Gasteiger partial charge in [0.15, 0.2) is 23.1 Å². The van der Waals surface area contributed by atoms with E-state index in [1.807, 2.05) is 0 Å². The zero-order valence-electron chi connectivity index (χ0n) is 11.4. The number of fused-ring (bicyclic) bond motifs is 2. The SMILES string of the molecule is O=C([O-])c1cc2c(c(O)c1O)C(=O)c1ccccc1C2=O.[Na+]. The van der Waals surface area contributed by atoms with Crippen molar-refractivity contribution >= 4 is 17.5 Å². The quantitative estimate of drug-likeness (QED) is 0.372. The number of phenolic OH excluding ortho intramolecular Hbond substituents is 1. The Labute approximate surface area is 146 Å². The molecule has 0 aliphatic heterocycles. The zero-order chi connectivity index (χ0) is 15.3. The third kappa shape index (κ3) is 2.12. The van der Waals surface area contributed by atoms with Crippen molar-refractivity contribution in [2.24, 2.45) is 0 Å². The Balaban J connectivity index is 0.00000176. The van der Waals surface area contributed by atoms with E-state index < -0.39 is 40.2 Å². The van der Waals surface area contributed by atoms with Crippen LogP contribution in [0.3, 0.4) is 0 Å². The van der Waals surface area contributed by atoms with Crippen LogP contribution >= 0.6 is 0 Å². The van der Waals surface area contributed by atoms with Crippen molar-refractivity contribution in [1.29, 1.82) is 0 Å². The molecule has 7 heteroatoms. The van der Waals surface area contributed by atoms with Crippen LogP contribution in [-0.4, -0.2) is 27.7 Å². The molecule has 0 atom stereocenters. The van der Waals surface area contributed by atoms with E-state index in [9.17, 15) is 29.7 Å². The number of aromatic hydroxyl groups is 2. The standard InChI is InChI=1S/C15H8O6.Na/c16-11-6-3-1-2-4-7(6)12(17)10-8(11)5-9(15(20)21)13(18)14(10)19;/h1-5,18-19H,(H,20,21);/q;+1/p-1. The number of hydrogen-bond donors (Lipinski definition) is 2. The Bertz CT molecular complexity index is 840. The van der Waals surface area contributed by atoms with Crippen molar-refractivity contribution in [3.63, 3.8) is 0 Å². The van der Waals surface area contributed by atoms with Gasteiger partial charge in [-0.15, -0.1) is 0 Å². The first-order valence-electron chi connectivity index (χ1n) is 5.92. The van der Waals surface area contributed by atoms with Gasteiger partial charge in [-0.05, 0) is 6.07 Å². The van der Waals surface area contributed by atoms with Crippen molar-refractivity contribution in [1.82, 2.24) is 0 Å². The van der Waals surface area contributed by atoms with Crippen LogP contribution in [0.15, 0.2) is 30.3 Å². The Morgan fingerprint density at radius 2 is 1.45 bits per heavy atom. The van der Waals surface area contributed by atoms with Gasteiger partial charge in [-0.1, -0.05) is 24.3 Å². The van der Waals surface area contributed by atoms with Gasteiger partial charge in [-0.25, -0.2) is 0 Å². The second-order valence-corrected chi connectivity index (χ2v) is 4.54. The number of carbonyl (C=O) groups is 3. The van der Waals surface area contributed by atoms with Crippen LogP contribution in [0, 0.1) is 0 Å². The van der Waals surface area contributed by atoms with Gasteiger partial charge in [-0.3, -0.25) is 9.59 Å². The summed E-state index contributed by atoms with van der Waals surface area (Å²) in [4.78, 5) is 35.6. The molecule has 0 bridgehead atoms. The number of carbonyl (C=O) groups excluding carboxylic acids is 3. The fourth-order valence-corrected chi connectivity index (χ4v) is 2.38. The molecule has 0 amide bonds. The maximum atomic E-state index is 12.3. The second kappa shape index (κ2) is 5.57. The van der Waals surface area contributed by atoms with Gasteiger partial charge in [0.05, 0.1) is 11.5 Å². The van der Waals surface area contributed by atoms with E-state index in [4.69, 9.17) is 0 Å². The number of aromatic carboxylic acids is 1. The molecule has 0 aromatic heterocycles. The van der Waals surface area contributed by atoms with Gasteiger partial charge >= 0.3 is 29.6 Å². The minimum Gasteiger partial charge on any atom is -0.545 e. The topological polar surface area (TPSA) is 115 Å². The molecule has 1 aliphatic rings. The molecule has 1 aliphatic carbocycles. The number of carboxylic acids is 1. The second-order valence-electron chi connectivity index (χ2n) is 4.54. The third-order valence-electron chi connectivity index (χ3n) is 3.38. The molecule has 0 spiro atoms. The largest absolute Gasteiger partial charge is 1.00 e. The average Bonchev–Trinajstić information content (AvgIpc) is 2.47. The average molecular weight is 306 g/mol. The first-order chi connectivity index (χ1) is 9.93. The van der Waals surface area contributed by atoms with Gasteiger partial charge in [0.25, 0.3) is 0 Å². The molecule has 3 rings (SSSR count). The summed E-state index contributed by atoms with van der Waals surface area (Å²) in [7, 11) is 0. The molecule has 0 unspecified atom stereocenters.